The molecule has 0 spiro atoms. The van der Waals surface area contributed by atoms with Crippen LogP contribution >= 0.6 is 0 Å². The number of ether oxygens (including phenoxy) is 1. The summed E-state index contributed by atoms with van der Waals surface area (Å²) >= 11 is 0. The summed E-state index contributed by atoms with van der Waals surface area (Å²) in [6.45, 7) is 3.83. The molecule has 3 aromatic heterocycles. The second-order valence-corrected chi connectivity index (χ2v) is 7.10. The summed E-state index contributed by atoms with van der Waals surface area (Å²) in [5.74, 6) is -0.00438. The van der Waals surface area contributed by atoms with Crippen LogP contribution in [0.15, 0.2) is 53.4 Å². The van der Waals surface area contributed by atoms with Crippen molar-refractivity contribution in [2.45, 2.75) is 19.9 Å². The van der Waals surface area contributed by atoms with Crippen molar-refractivity contribution in [2.24, 2.45) is 5.73 Å². The van der Waals surface area contributed by atoms with E-state index < -0.39 is 5.91 Å². The number of rotatable bonds is 6. The van der Waals surface area contributed by atoms with Gasteiger partial charge in [0, 0.05) is 5.56 Å². The number of aryl methyl sites for hydroxylation is 1. The highest BCUT2D eigenvalue weighted by Gasteiger charge is 2.22. The molecule has 0 aliphatic rings. The van der Waals surface area contributed by atoms with Crippen LogP contribution in [-0.4, -0.2) is 33.3 Å². The second-order valence-electron chi connectivity index (χ2n) is 7.10. The molecule has 9 nitrogen and oxygen atoms in total. The minimum atomic E-state index is -0.740. The van der Waals surface area contributed by atoms with Crippen LogP contribution in [0.25, 0.3) is 17.1 Å². The Bertz CT molecular complexity index is 1280. The number of imidazole rings is 1. The third kappa shape index (κ3) is 3.73. The van der Waals surface area contributed by atoms with Gasteiger partial charge < -0.3 is 20.2 Å². The lowest BCUT2D eigenvalue weighted by Gasteiger charge is -2.18. The molecule has 0 fully saturated rings. The predicted molar refractivity (Wildman–Crippen MR) is 113 cm³/mol. The highest BCUT2D eigenvalue weighted by atomic mass is 16.5. The molecule has 9 heteroatoms. The largest absolute Gasteiger partial charge is 0.496 e. The molecule has 1 atom stereocenters. The Morgan fingerprint density at radius 3 is 2.74 bits per heavy atom. The maximum absolute atomic E-state index is 13.3. The highest BCUT2D eigenvalue weighted by molar-refractivity contribution is 5.99. The van der Waals surface area contributed by atoms with Gasteiger partial charge in [-0.2, -0.15) is 0 Å². The van der Waals surface area contributed by atoms with Crippen molar-refractivity contribution in [1.29, 1.82) is 0 Å². The summed E-state index contributed by atoms with van der Waals surface area (Å²) in [4.78, 5) is 33.5. The fourth-order valence-electron chi connectivity index (χ4n) is 3.41. The Hall–Kier alpha value is -4.14. The molecule has 2 amide bonds. The molecule has 3 N–H and O–H groups in total. The fraction of sp³-hybridized carbons (Fsp3) is 0.182. The van der Waals surface area contributed by atoms with Crippen LogP contribution in [-0.2, 0) is 0 Å². The van der Waals surface area contributed by atoms with Gasteiger partial charge in [-0.25, -0.2) is 9.97 Å². The molecular weight excluding hydrogens is 398 g/mol. The molecule has 31 heavy (non-hydrogen) atoms. The van der Waals surface area contributed by atoms with E-state index in [0.717, 1.165) is 11.1 Å². The standard InChI is InChI=1S/C22H21N5O4/c1-12-6-7-17(30-3)14(9-12)13(2)25-22(29)16-10-15(18-5-4-8-31-18)26-21-19(20(23)28)24-11-27(16)21/h4-11,13H,1-3H3,(H2,23,28)(H,25,29). The average Bonchev–Trinajstić information content (AvgIpc) is 3.42. The molecule has 0 radical (unpaired) electrons. The first-order valence-electron chi connectivity index (χ1n) is 9.56. The van der Waals surface area contributed by atoms with Gasteiger partial charge in [-0.3, -0.25) is 14.0 Å². The minimum absolute atomic E-state index is 0.0316. The molecule has 4 aromatic rings. The number of furan rings is 1. The van der Waals surface area contributed by atoms with Crippen molar-refractivity contribution in [1.82, 2.24) is 19.7 Å². The van der Waals surface area contributed by atoms with E-state index in [-0.39, 0.29) is 29.0 Å². The molecular formula is C22H21N5O4. The number of methoxy groups -OCH3 is 1. The van der Waals surface area contributed by atoms with Crippen LogP contribution < -0.4 is 15.8 Å². The molecule has 4 rings (SSSR count). The maximum Gasteiger partial charge on any atom is 0.271 e. The maximum atomic E-state index is 13.3. The highest BCUT2D eigenvalue weighted by Crippen LogP contribution is 2.27. The number of nitrogens with zero attached hydrogens (tertiary/aromatic N) is 3. The van der Waals surface area contributed by atoms with E-state index in [4.69, 9.17) is 14.9 Å². The Morgan fingerprint density at radius 1 is 1.26 bits per heavy atom. The van der Waals surface area contributed by atoms with Gasteiger partial charge in [0.1, 0.15) is 23.5 Å². The monoisotopic (exact) mass is 419 g/mol. The molecule has 1 aromatic carbocycles. The Labute approximate surface area is 177 Å². The van der Waals surface area contributed by atoms with Crippen molar-refractivity contribution < 1.29 is 18.7 Å². The third-order valence-corrected chi connectivity index (χ3v) is 4.94. The number of amides is 2. The number of fused-ring (bicyclic) bond motifs is 1. The molecule has 0 saturated carbocycles. The smallest absolute Gasteiger partial charge is 0.271 e. The van der Waals surface area contributed by atoms with E-state index >= 15 is 0 Å². The molecule has 158 valence electrons. The molecule has 0 aliphatic carbocycles. The number of aromatic nitrogens is 3. The topological polar surface area (TPSA) is 125 Å². The lowest BCUT2D eigenvalue weighted by Crippen LogP contribution is -2.29. The van der Waals surface area contributed by atoms with Crippen LogP contribution in [0.1, 0.15) is 45.1 Å². The fourth-order valence-corrected chi connectivity index (χ4v) is 3.41. The summed E-state index contributed by atoms with van der Waals surface area (Å²) in [5, 5.41) is 2.98. The van der Waals surface area contributed by atoms with Crippen LogP contribution in [0.5, 0.6) is 5.75 Å². The van der Waals surface area contributed by atoms with Gasteiger partial charge in [0.15, 0.2) is 17.1 Å². The zero-order valence-electron chi connectivity index (χ0n) is 17.2. The second kappa shape index (κ2) is 7.94. The average molecular weight is 419 g/mol. The quantitative estimate of drug-likeness (QED) is 0.495. The van der Waals surface area contributed by atoms with Crippen LogP contribution in [0.4, 0.5) is 0 Å². The summed E-state index contributed by atoms with van der Waals surface area (Å²) < 4.78 is 12.3. The zero-order valence-corrected chi connectivity index (χ0v) is 17.2. The van der Waals surface area contributed by atoms with Crippen molar-refractivity contribution >= 4 is 17.5 Å². The van der Waals surface area contributed by atoms with Crippen molar-refractivity contribution in [2.75, 3.05) is 7.11 Å². The number of hydrogen-bond acceptors (Lipinski definition) is 6. The van der Waals surface area contributed by atoms with E-state index in [1.54, 1.807) is 25.3 Å². The lowest BCUT2D eigenvalue weighted by molar-refractivity contribution is 0.0931. The number of benzene rings is 1. The summed E-state index contributed by atoms with van der Waals surface area (Å²) in [7, 11) is 1.58. The first-order valence-corrected chi connectivity index (χ1v) is 9.56. The minimum Gasteiger partial charge on any atom is -0.496 e. The number of primary amides is 1. The molecule has 0 bridgehead atoms. The first kappa shape index (κ1) is 20.1. The number of nitrogens with one attached hydrogen (secondary N) is 1. The normalized spacial score (nSPS) is 12.0. The first-order chi connectivity index (χ1) is 14.9. The summed E-state index contributed by atoms with van der Waals surface area (Å²) in [6.07, 6.45) is 2.85. The van der Waals surface area contributed by atoms with Gasteiger partial charge >= 0.3 is 0 Å². The number of hydrogen-bond donors (Lipinski definition) is 2. The van der Waals surface area contributed by atoms with Gasteiger partial charge in [-0.05, 0) is 38.1 Å². The van der Waals surface area contributed by atoms with Crippen LogP contribution in [0, 0.1) is 6.92 Å². The lowest BCUT2D eigenvalue weighted by atomic mass is 10.0. The van der Waals surface area contributed by atoms with Crippen molar-refractivity contribution in [3.8, 4) is 17.2 Å². The van der Waals surface area contributed by atoms with E-state index in [0.29, 0.717) is 17.2 Å². The van der Waals surface area contributed by atoms with Gasteiger partial charge in [0.05, 0.1) is 19.4 Å². The van der Waals surface area contributed by atoms with E-state index in [1.165, 1.54) is 17.0 Å². The van der Waals surface area contributed by atoms with E-state index in [2.05, 4.69) is 15.3 Å². The van der Waals surface area contributed by atoms with E-state index in [9.17, 15) is 9.59 Å². The van der Waals surface area contributed by atoms with Gasteiger partial charge in [-0.1, -0.05) is 17.7 Å². The van der Waals surface area contributed by atoms with Crippen molar-refractivity contribution in [3.05, 3.63) is 71.5 Å². The Balaban J connectivity index is 1.77. The Morgan fingerprint density at radius 2 is 2.06 bits per heavy atom. The summed E-state index contributed by atoms with van der Waals surface area (Å²) in [5.41, 5.74) is 8.07. The van der Waals surface area contributed by atoms with E-state index in [1.807, 2.05) is 32.0 Å². The zero-order chi connectivity index (χ0) is 22.1. The van der Waals surface area contributed by atoms with Crippen molar-refractivity contribution in [3.63, 3.8) is 0 Å². The van der Waals surface area contributed by atoms with Gasteiger partial charge in [0.25, 0.3) is 11.8 Å². The summed E-state index contributed by atoms with van der Waals surface area (Å²) in [6, 6.07) is 10.4. The van der Waals surface area contributed by atoms with Crippen LogP contribution in [0.3, 0.4) is 0 Å². The van der Waals surface area contributed by atoms with Gasteiger partial charge in [-0.15, -0.1) is 0 Å². The number of nitrogens with two attached hydrogens (primary N) is 1. The number of carbonyl (C=O) groups is 2. The molecule has 0 aliphatic heterocycles. The van der Waals surface area contributed by atoms with Gasteiger partial charge in [0.2, 0.25) is 0 Å². The predicted octanol–water partition coefficient (Wildman–Crippen LogP) is 2.90. The third-order valence-electron chi connectivity index (χ3n) is 4.94. The molecule has 0 saturated heterocycles. The number of carbonyl (C=O) groups excluding carboxylic acids is 2. The Kier molecular flexibility index (Phi) is 5.16. The molecule has 3 heterocycles. The molecule has 1 unspecified atom stereocenters. The van der Waals surface area contributed by atoms with Crippen LogP contribution in [0.2, 0.25) is 0 Å². The SMILES string of the molecule is COc1ccc(C)cc1C(C)NC(=O)c1cc(-c2ccco2)nc2c(C(N)=O)ncn12.